The fourth-order valence-corrected chi connectivity index (χ4v) is 3.38. The first-order valence-corrected chi connectivity index (χ1v) is 9.83. The van der Waals surface area contributed by atoms with Gasteiger partial charge >= 0.3 is 0 Å². The quantitative estimate of drug-likeness (QED) is 0.540. The highest BCUT2D eigenvalue weighted by Gasteiger charge is 2.20. The number of carbonyl (C=O) groups excluding carboxylic acids is 1. The minimum atomic E-state index is -0.289. The number of benzene rings is 2. The molecule has 154 valence electrons. The molecule has 2 aromatic carbocycles. The van der Waals surface area contributed by atoms with E-state index in [1.54, 1.807) is 53.3 Å². The van der Waals surface area contributed by atoms with Crippen LogP contribution in [0.5, 0.6) is 5.75 Å². The van der Waals surface area contributed by atoms with Crippen molar-refractivity contribution in [3.05, 3.63) is 83.9 Å². The molecule has 0 saturated heterocycles. The van der Waals surface area contributed by atoms with E-state index in [1.165, 1.54) is 6.07 Å². The molecule has 0 atom stereocenters. The second-order valence-corrected chi connectivity index (χ2v) is 7.06. The van der Waals surface area contributed by atoms with E-state index in [1.807, 2.05) is 12.1 Å². The van der Waals surface area contributed by atoms with Gasteiger partial charge in [-0.1, -0.05) is 18.2 Å². The smallest absolute Gasteiger partial charge is 0.269 e. The number of amides is 1. The third-order valence-electron chi connectivity index (χ3n) is 5.00. The zero-order valence-electron chi connectivity index (χ0n) is 16.5. The minimum absolute atomic E-state index is 0.134. The number of carbonyl (C=O) groups is 1. The molecule has 0 aliphatic carbocycles. The van der Waals surface area contributed by atoms with Crippen LogP contribution in [0.2, 0.25) is 0 Å². The predicted molar refractivity (Wildman–Crippen MR) is 112 cm³/mol. The van der Waals surface area contributed by atoms with Gasteiger partial charge in [-0.3, -0.25) is 9.48 Å². The number of halogens is 1. The van der Waals surface area contributed by atoms with Crippen molar-refractivity contribution in [2.24, 2.45) is 0 Å². The lowest BCUT2D eigenvalue weighted by atomic mass is 10.2. The van der Waals surface area contributed by atoms with Crippen molar-refractivity contribution in [2.75, 3.05) is 6.54 Å². The zero-order chi connectivity index (χ0) is 21.2. The van der Waals surface area contributed by atoms with Crippen LogP contribution in [0.1, 0.15) is 16.1 Å². The molecule has 1 amide bonds. The van der Waals surface area contributed by atoms with Crippen molar-refractivity contribution >= 4 is 5.91 Å². The summed E-state index contributed by atoms with van der Waals surface area (Å²) in [6.45, 7) is 1.34. The molecule has 2 aromatic heterocycles. The van der Waals surface area contributed by atoms with Crippen molar-refractivity contribution in [2.45, 2.75) is 13.2 Å². The largest absolute Gasteiger partial charge is 0.489 e. The molecule has 4 aromatic rings. The van der Waals surface area contributed by atoms with Gasteiger partial charge in [0.25, 0.3) is 5.91 Å². The molecule has 1 aliphatic rings. The summed E-state index contributed by atoms with van der Waals surface area (Å²) in [5, 5.41) is 7.30. The number of hydrogen-bond acceptors (Lipinski definition) is 5. The number of nitrogens with zero attached hydrogens (tertiary/aromatic N) is 4. The Labute approximate surface area is 177 Å². The molecule has 0 radical (unpaired) electrons. The first-order chi connectivity index (χ1) is 15.2. The van der Waals surface area contributed by atoms with Crippen molar-refractivity contribution in [3.63, 3.8) is 0 Å². The SMILES string of the molecule is O=C1NCCn2nc(-c3ccnc(-c4ccc(OCc5ccccc5F)cc4)n3)cc21. The first kappa shape index (κ1) is 18.9. The van der Waals surface area contributed by atoms with Crippen LogP contribution in [0.15, 0.2) is 66.9 Å². The Morgan fingerprint density at radius 2 is 1.90 bits per heavy atom. The second kappa shape index (κ2) is 7.98. The molecule has 31 heavy (non-hydrogen) atoms. The van der Waals surface area contributed by atoms with Gasteiger partial charge in [-0.15, -0.1) is 0 Å². The molecule has 8 heteroatoms. The van der Waals surface area contributed by atoms with Crippen LogP contribution in [0.3, 0.4) is 0 Å². The first-order valence-electron chi connectivity index (χ1n) is 9.83. The Balaban J connectivity index is 1.34. The number of ether oxygens (including phenoxy) is 1. The summed E-state index contributed by atoms with van der Waals surface area (Å²) in [4.78, 5) is 20.9. The van der Waals surface area contributed by atoms with Crippen LogP contribution >= 0.6 is 0 Å². The third kappa shape index (κ3) is 3.87. The highest BCUT2D eigenvalue weighted by atomic mass is 19.1. The monoisotopic (exact) mass is 415 g/mol. The predicted octanol–water partition coefficient (Wildman–Crippen LogP) is 3.47. The minimum Gasteiger partial charge on any atom is -0.489 e. The fourth-order valence-electron chi connectivity index (χ4n) is 3.38. The van der Waals surface area contributed by atoms with E-state index in [9.17, 15) is 9.18 Å². The van der Waals surface area contributed by atoms with E-state index >= 15 is 0 Å². The maximum Gasteiger partial charge on any atom is 0.269 e. The number of aromatic nitrogens is 4. The van der Waals surface area contributed by atoms with Gasteiger partial charge in [0.15, 0.2) is 5.82 Å². The number of fused-ring (bicyclic) bond motifs is 1. The standard InChI is InChI=1S/C23H18FN5O2/c24-18-4-2-1-3-16(18)14-31-17-7-5-15(6-8-17)22-25-10-9-19(27-22)20-13-21-23(30)26-11-12-29(21)28-20/h1-10,13H,11-12,14H2,(H,26,30). The van der Waals surface area contributed by atoms with Crippen molar-refractivity contribution in [3.8, 4) is 28.5 Å². The third-order valence-corrected chi connectivity index (χ3v) is 5.00. The molecule has 1 aliphatic heterocycles. The summed E-state index contributed by atoms with van der Waals surface area (Å²) in [6.07, 6.45) is 1.67. The van der Waals surface area contributed by atoms with Gasteiger partial charge in [-0.05, 0) is 42.5 Å². The molecular weight excluding hydrogens is 397 g/mol. The molecule has 5 rings (SSSR count). The van der Waals surface area contributed by atoms with Gasteiger partial charge in [-0.25, -0.2) is 14.4 Å². The maximum absolute atomic E-state index is 13.7. The van der Waals surface area contributed by atoms with Crippen LogP contribution < -0.4 is 10.1 Å². The van der Waals surface area contributed by atoms with E-state index in [-0.39, 0.29) is 18.3 Å². The van der Waals surface area contributed by atoms with Crippen molar-refractivity contribution in [1.82, 2.24) is 25.1 Å². The summed E-state index contributed by atoms with van der Waals surface area (Å²) >= 11 is 0. The molecule has 0 bridgehead atoms. The van der Waals surface area contributed by atoms with Gasteiger partial charge in [-0.2, -0.15) is 5.10 Å². The normalized spacial score (nSPS) is 12.9. The second-order valence-electron chi connectivity index (χ2n) is 7.06. The molecule has 1 N–H and O–H groups in total. The molecule has 0 fully saturated rings. The number of rotatable bonds is 5. The highest BCUT2D eigenvalue weighted by molar-refractivity contribution is 5.94. The van der Waals surface area contributed by atoms with Gasteiger partial charge in [0.2, 0.25) is 0 Å². The molecule has 7 nitrogen and oxygen atoms in total. The van der Waals surface area contributed by atoms with Crippen LogP contribution in [-0.4, -0.2) is 32.2 Å². The van der Waals surface area contributed by atoms with E-state index in [0.29, 0.717) is 47.3 Å². The lowest BCUT2D eigenvalue weighted by Gasteiger charge is -2.13. The Hall–Kier alpha value is -4.07. The lowest BCUT2D eigenvalue weighted by molar-refractivity contribution is 0.0924. The van der Waals surface area contributed by atoms with E-state index in [0.717, 1.165) is 5.56 Å². The van der Waals surface area contributed by atoms with Crippen LogP contribution in [0.4, 0.5) is 4.39 Å². The molecular formula is C23H18FN5O2. The highest BCUT2D eigenvalue weighted by Crippen LogP contribution is 2.24. The Morgan fingerprint density at radius 1 is 1.06 bits per heavy atom. The number of hydrogen-bond donors (Lipinski definition) is 1. The number of nitrogens with one attached hydrogen (secondary N) is 1. The van der Waals surface area contributed by atoms with E-state index < -0.39 is 0 Å². The van der Waals surface area contributed by atoms with Gasteiger partial charge in [0, 0.05) is 23.9 Å². The fraction of sp³-hybridized carbons (Fsp3) is 0.130. The molecule has 3 heterocycles. The van der Waals surface area contributed by atoms with Gasteiger partial charge < -0.3 is 10.1 Å². The van der Waals surface area contributed by atoms with E-state index in [4.69, 9.17) is 4.74 Å². The summed E-state index contributed by atoms with van der Waals surface area (Å²) in [5.41, 5.74) is 3.10. The van der Waals surface area contributed by atoms with Crippen LogP contribution in [0, 0.1) is 5.82 Å². The van der Waals surface area contributed by atoms with E-state index in [2.05, 4.69) is 20.4 Å². The molecule has 0 spiro atoms. The average molecular weight is 415 g/mol. The van der Waals surface area contributed by atoms with Crippen molar-refractivity contribution < 1.29 is 13.9 Å². The summed E-state index contributed by atoms with van der Waals surface area (Å²) in [6, 6.07) is 17.3. The van der Waals surface area contributed by atoms with Crippen LogP contribution in [-0.2, 0) is 13.2 Å². The topological polar surface area (TPSA) is 81.9 Å². The molecule has 0 saturated carbocycles. The average Bonchev–Trinajstić information content (AvgIpc) is 3.25. The van der Waals surface area contributed by atoms with Crippen molar-refractivity contribution in [1.29, 1.82) is 0 Å². The van der Waals surface area contributed by atoms with Gasteiger partial charge in [0.1, 0.15) is 29.6 Å². The molecule has 0 unspecified atom stereocenters. The summed E-state index contributed by atoms with van der Waals surface area (Å²) in [5.74, 6) is 0.734. The lowest BCUT2D eigenvalue weighted by Crippen LogP contribution is -2.35. The Bertz CT molecular complexity index is 1250. The Morgan fingerprint density at radius 3 is 2.71 bits per heavy atom. The summed E-state index contributed by atoms with van der Waals surface area (Å²) < 4.78 is 21.1. The van der Waals surface area contributed by atoms with Gasteiger partial charge in [0.05, 0.1) is 12.2 Å². The zero-order valence-corrected chi connectivity index (χ0v) is 16.5. The van der Waals surface area contributed by atoms with Crippen LogP contribution in [0.25, 0.3) is 22.8 Å². The Kier molecular flexibility index (Phi) is 4.87. The maximum atomic E-state index is 13.7. The summed E-state index contributed by atoms with van der Waals surface area (Å²) in [7, 11) is 0.